The Hall–Kier alpha value is 0.0500. The first-order valence-electron chi connectivity index (χ1n) is 4.06. The first kappa shape index (κ1) is 9.14. The summed E-state index contributed by atoms with van der Waals surface area (Å²) in [5, 5.41) is 10.6. The third-order valence-electron chi connectivity index (χ3n) is 2.45. The van der Waals surface area contributed by atoms with Crippen molar-refractivity contribution in [2.75, 3.05) is 5.75 Å². The molecule has 3 unspecified atom stereocenters. The Labute approximate surface area is 72.9 Å². The quantitative estimate of drug-likeness (QED) is 0.611. The Morgan fingerprint density at radius 2 is 2.27 bits per heavy atom. The van der Waals surface area contributed by atoms with E-state index in [-0.39, 0.29) is 0 Å². The number of hydrogen-bond donors (Lipinski definition) is 1. The van der Waals surface area contributed by atoms with Crippen molar-refractivity contribution in [3.05, 3.63) is 12.7 Å². The summed E-state index contributed by atoms with van der Waals surface area (Å²) in [5.74, 6) is 1.39. The monoisotopic (exact) mass is 172 g/mol. The van der Waals surface area contributed by atoms with E-state index in [4.69, 9.17) is 0 Å². The molecule has 1 nitrogen and oxygen atoms in total. The summed E-state index contributed by atoms with van der Waals surface area (Å²) in [5.41, 5.74) is -0.606. The van der Waals surface area contributed by atoms with Crippen molar-refractivity contribution in [3.63, 3.8) is 0 Å². The molecule has 11 heavy (non-hydrogen) atoms. The van der Waals surface area contributed by atoms with Gasteiger partial charge in [-0.1, -0.05) is 19.9 Å². The molecule has 0 aromatic heterocycles. The molecule has 1 rings (SSSR count). The number of thioether (sulfide) groups is 1. The highest BCUT2D eigenvalue weighted by Crippen LogP contribution is 2.37. The molecule has 0 bridgehead atoms. The van der Waals surface area contributed by atoms with Crippen molar-refractivity contribution in [1.29, 1.82) is 0 Å². The minimum Gasteiger partial charge on any atom is -0.385 e. The summed E-state index contributed by atoms with van der Waals surface area (Å²) in [6, 6.07) is 0. The standard InChI is InChI=1S/C9H16OS/c1-4-9(10)5-8(3)11-6-7(9)2/h4,7-8,10H,1,5-6H2,2-3H3. The van der Waals surface area contributed by atoms with Gasteiger partial charge in [0.25, 0.3) is 0 Å². The van der Waals surface area contributed by atoms with Crippen LogP contribution in [0.2, 0.25) is 0 Å². The van der Waals surface area contributed by atoms with E-state index in [1.54, 1.807) is 6.08 Å². The third-order valence-corrected chi connectivity index (χ3v) is 3.88. The van der Waals surface area contributed by atoms with E-state index in [9.17, 15) is 5.11 Å². The maximum atomic E-state index is 9.99. The van der Waals surface area contributed by atoms with Gasteiger partial charge in [0.05, 0.1) is 5.60 Å². The third kappa shape index (κ3) is 1.79. The van der Waals surface area contributed by atoms with Crippen LogP contribution >= 0.6 is 11.8 Å². The molecule has 3 atom stereocenters. The van der Waals surface area contributed by atoms with E-state index in [1.807, 2.05) is 11.8 Å². The van der Waals surface area contributed by atoms with Crippen molar-refractivity contribution in [2.24, 2.45) is 5.92 Å². The van der Waals surface area contributed by atoms with Crippen LogP contribution in [0, 0.1) is 5.92 Å². The fourth-order valence-electron chi connectivity index (χ4n) is 1.46. The van der Waals surface area contributed by atoms with Gasteiger partial charge in [-0.25, -0.2) is 0 Å². The molecule has 0 aromatic rings. The first-order chi connectivity index (χ1) is 5.08. The van der Waals surface area contributed by atoms with Crippen LogP contribution in [-0.2, 0) is 0 Å². The van der Waals surface area contributed by atoms with E-state index >= 15 is 0 Å². The Balaban J connectivity index is 2.67. The Bertz CT molecular complexity index is 158. The summed E-state index contributed by atoms with van der Waals surface area (Å²) in [4.78, 5) is 0. The van der Waals surface area contributed by atoms with Gasteiger partial charge >= 0.3 is 0 Å². The Morgan fingerprint density at radius 1 is 1.64 bits per heavy atom. The average molecular weight is 172 g/mol. The van der Waals surface area contributed by atoms with Crippen molar-refractivity contribution in [3.8, 4) is 0 Å². The second-order valence-corrected chi connectivity index (χ2v) is 4.92. The predicted octanol–water partition coefficient (Wildman–Crippen LogP) is 2.06. The summed E-state index contributed by atoms with van der Waals surface area (Å²) < 4.78 is 0. The zero-order valence-corrected chi connectivity index (χ0v) is 8.03. The minimum atomic E-state index is -0.606. The number of rotatable bonds is 1. The molecule has 1 fully saturated rings. The first-order valence-corrected chi connectivity index (χ1v) is 5.11. The fraction of sp³-hybridized carbons (Fsp3) is 0.778. The highest BCUT2D eigenvalue weighted by molar-refractivity contribution is 7.99. The lowest BCUT2D eigenvalue weighted by Gasteiger charge is -2.38. The Morgan fingerprint density at radius 3 is 2.73 bits per heavy atom. The molecule has 0 aliphatic carbocycles. The lowest BCUT2D eigenvalue weighted by atomic mass is 9.85. The summed E-state index contributed by atoms with van der Waals surface area (Å²) >= 11 is 1.94. The zero-order valence-electron chi connectivity index (χ0n) is 7.21. The normalized spacial score (nSPS) is 45.4. The SMILES string of the molecule is C=CC1(O)CC(C)SCC1C. The van der Waals surface area contributed by atoms with Gasteiger partial charge in [-0.2, -0.15) is 11.8 Å². The van der Waals surface area contributed by atoms with Gasteiger partial charge in [0.1, 0.15) is 0 Å². The van der Waals surface area contributed by atoms with Gasteiger partial charge in [-0.05, 0) is 18.1 Å². The molecule has 1 heterocycles. The lowest BCUT2D eigenvalue weighted by Crippen LogP contribution is -2.41. The maximum Gasteiger partial charge on any atom is 0.0868 e. The molecular weight excluding hydrogens is 156 g/mol. The predicted molar refractivity (Wildman–Crippen MR) is 50.8 cm³/mol. The van der Waals surface area contributed by atoms with E-state index in [0.717, 1.165) is 12.2 Å². The van der Waals surface area contributed by atoms with Gasteiger partial charge in [0.15, 0.2) is 0 Å². The molecule has 0 aromatic carbocycles. The molecule has 2 heteroatoms. The molecule has 64 valence electrons. The molecule has 0 spiro atoms. The number of aliphatic hydroxyl groups is 1. The maximum absolute atomic E-state index is 9.99. The van der Waals surface area contributed by atoms with Crippen LogP contribution in [0.3, 0.4) is 0 Å². The van der Waals surface area contributed by atoms with Crippen LogP contribution in [0.5, 0.6) is 0 Å². The Kier molecular flexibility index (Phi) is 2.66. The van der Waals surface area contributed by atoms with Crippen LogP contribution in [0.4, 0.5) is 0 Å². The largest absolute Gasteiger partial charge is 0.385 e. The molecule has 0 saturated carbocycles. The fourth-order valence-corrected chi connectivity index (χ4v) is 2.75. The van der Waals surface area contributed by atoms with Crippen molar-refractivity contribution in [1.82, 2.24) is 0 Å². The van der Waals surface area contributed by atoms with Gasteiger partial charge in [-0.3, -0.25) is 0 Å². The van der Waals surface area contributed by atoms with Gasteiger partial charge in [-0.15, -0.1) is 6.58 Å². The summed E-state index contributed by atoms with van der Waals surface area (Å²) in [6.45, 7) is 7.92. The van der Waals surface area contributed by atoms with Crippen LogP contribution in [0.1, 0.15) is 20.3 Å². The molecular formula is C9H16OS. The summed E-state index contributed by atoms with van der Waals surface area (Å²) in [6.07, 6.45) is 2.55. The van der Waals surface area contributed by atoms with Gasteiger partial charge < -0.3 is 5.11 Å². The van der Waals surface area contributed by atoms with Crippen LogP contribution in [0.15, 0.2) is 12.7 Å². The molecule has 1 aliphatic rings. The second-order valence-electron chi connectivity index (χ2n) is 3.44. The van der Waals surface area contributed by atoms with Crippen molar-refractivity contribution in [2.45, 2.75) is 31.1 Å². The van der Waals surface area contributed by atoms with Gasteiger partial charge in [0.2, 0.25) is 0 Å². The minimum absolute atomic E-state index is 0.348. The van der Waals surface area contributed by atoms with Crippen LogP contribution in [-0.4, -0.2) is 21.7 Å². The van der Waals surface area contributed by atoms with E-state index < -0.39 is 5.60 Å². The molecule has 1 saturated heterocycles. The zero-order chi connectivity index (χ0) is 8.48. The molecule has 0 amide bonds. The van der Waals surface area contributed by atoms with Gasteiger partial charge in [0, 0.05) is 5.25 Å². The van der Waals surface area contributed by atoms with E-state index in [0.29, 0.717) is 11.2 Å². The van der Waals surface area contributed by atoms with Crippen molar-refractivity contribution >= 4 is 11.8 Å². The lowest BCUT2D eigenvalue weighted by molar-refractivity contribution is 0.0336. The highest BCUT2D eigenvalue weighted by atomic mass is 32.2. The smallest absolute Gasteiger partial charge is 0.0868 e. The summed E-state index contributed by atoms with van der Waals surface area (Å²) in [7, 11) is 0. The molecule has 1 N–H and O–H groups in total. The topological polar surface area (TPSA) is 20.2 Å². The average Bonchev–Trinajstić information content (AvgIpc) is 1.98. The second kappa shape index (κ2) is 3.20. The van der Waals surface area contributed by atoms with E-state index in [1.165, 1.54) is 0 Å². The van der Waals surface area contributed by atoms with Crippen molar-refractivity contribution < 1.29 is 5.11 Å². The highest BCUT2D eigenvalue weighted by Gasteiger charge is 2.36. The number of hydrogen-bond acceptors (Lipinski definition) is 2. The van der Waals surface area contributed by atoms with E-state index in [2.05, 4.69) is 20.4 Å². The molecule has 0 radical (unpaired) electrons. The molecule has 1 aliphatic heterocycles. The van der Waals surface area contributed by atoms with Crippen LogP contribution < -0.4 is 0 Å². The van der Waals surface area contributed by atoms with Crippen LogP contribution in [0.25, 0.3) is 0 Å².